The molecule has 1 atom stereocenters. The Morgan fingerprint density at radius 3 is 2.42 bits per heavy atom. The van der Waals surface area contributed by atoms with Gasteiger partial charge >= 0.3 is 0 Å². The Balaban J connectivity index is 1.84. The molecule has 2 N–H and O–H groups in total. The molecule has 0 aliphatic heterocycles. The number of carbonyl (C=O) groups is 1. The van der Waals surface area contributed by atoms with Crippen molar-refractivity contribution in [1.82, 2.24) is 5.32 Å². The predicted octanol–water partition coefficient (Wildman–Crippen LogP) is 5.63. The van der Waals surface area contributed by atoms with Crippen LogP contribution in [-0.2, 0) is 0 Å². The first kappa shape index (κ1) is 20.4. The van der Waals surface area contributed by atoms with E-state index in [1.165, 1.54) is 12.1 Å². The number of nitrogens with one attached hydrogen (secondary N) is 1. The van der Waals surface area contributed by atoms with Crippen LogP contribution in [0, 0.1) is 10.1 Å². The first-order valence-corrected chi connectivity index (χ1v) is 9.84. The lowest BCUT2D eigenvalue weighted by Crippen LogP contribution is -2.30. The van der Waals surface area contributed by atoms with Gasteiger partial charge in [-0.25, -0.2) is 0 Å². The van der Waals surface area contributed by atoms with E-state index < -0.39 is 16.9 Å². The summed E-state index contributed by atoms with van der Waals surface area (Å²) in [6.07, 6.45) is 0. The predicted molar refractivity (Wildman–Crippen MR) is 119 cm³/mol. The largest absolute Gasteiger partial charge is 0.508 e. The van der Waals surface area contributed by atoms with Gasteiger partial charge in [0.25, 0.3) is 11.6 Å². The molecule has 154 valence electrons. The number of amides is 1. The van der Waals surface area contributed by atoms with Gasteiger partial charge in [0.1, 0.15) is 5.75 Å². The molecule has 1 amide bonds. The minimum Gasteiger partial charge on any atom is -0.508 e. The van der Waals surface area contributed by atoms with Crippen molar-refractivity contribution < 1.29 is 14.8 Å². The molecule has 0 radical (unpaired) electrons. The highest BCUT2D eigenvalue weighted by Gasteiger charge is 2.25. The zero-order chi connectivity index (χ0) is 22.0. The quantitative estimate of drug-likeness (QED) is 0.316. The molecular weight excluding hydrogens is 416 g/mol. The van der Waals surface area contributed by atoms with Crippen LogP contribution in [-0.4, -0.2) is 15.9 Å². The zero-order valence-electron chi connectivity index (χ0n) is 16.2. The Morgan fingerprint density at radius 1 is 0.968 bits per heavy atom. The number of nitro benzene ring substituents is 1. The maximum atomic E-state index is 13.1. The number of fused-ring (bicyclic) bond motifs is 1. The second-order valence-corrected chi connectivity index (χ2v) is 7.37. The van der Waals surface area contributed by atoms with Crippen molar-refractivity contribution in [3.8, 4) is 5.75 Å². The lowest BCUT2D eigenvalue weighted by atomic mass is 9.92. The summed E-state index contributed by atoms with van der Waals surface area (Å²) < 4.78 is 0. The van der Waals surface area contributed by atoms with Crippen LogP contribution >= 0.6 is 11.6 Å². The van der Waals surface area contributed by atoms with Gasteiger partial charge in [0.15, 0.2) is 0 Å². The van der Waals surface area contributed by atoms with Gasteiger partial charge < -0.3 is 10.4 Å². The Hall–Kier alpha value is -3.90. The van der Waals surface area contributed by atoms with Gasteiger partial charge in [-0.05, 0) is 28.5 Å². The third-order valence-electron chi connectivity index (χ3n) is 5.05. The number of hydrogen-bond donors (Lipinski definition) is 2. The second-order valence-electron chi connectivity index (χ2n) is 6.96. The number of phenolic OH excluding ortho intramolecular Hbond substituents is 1. The summed E-state index contributed by atoms with van der Waals surface area (Å²) in [4.78, 5) is 23.7. The van der Waals surface area contributed by atoms with Crippen molar-refractivity contribution in [2.45, 2.75) is 6.04 Å². The third-order valence-corrected chi connectivity index (χ3v) is 5.38. The molecule has 0 saturated carbocycles. The molecule has 0 aliphatic carbocycles. The topological polar surface area (TPSA) is 92.5 Å². The van der Waals surface area contributed by atoms with Gasteiger partial charge in [0.05, 0.1) is 21.6 Å². The maximum Gasteiger partial charge on any atom is 0.270 e. The third kappa shape index (κ3) is 4.06. The van der Waals surface area contributed by atoms with Crippen LogP contribution in [0.25, 0.3) is 10.8 Å². The van der Waals surface area contributed by atoms with E-state index in [9.17, 15) is 20.0 Å². The van der Waals surface area contributed by atoms with E-state index in [-0.39, 0.29) is 22.0 Å². The first-order chi connectivity index (χ1) is 15.0. The summed E-state index contributed by atoms with van der Waals surface area (Å²) in [6.45, 7) is 0. The van der Waals surface area contributed by atoms with Crippen LogP contribution in [0.2, 0.25) is 5.02 Å². The molecule has 4 aromatic rings. The van der Waals surface area contributed by atoms with E-state index in [1.807, 2.05) is 54.6 Å². The van der Waals surface area contributed by atoms with Crippen molar-refractivity contribution in [1.29, 1.82) is 0 Å². The highest BCUT2D eigenvalue weighted by Crippen LogP contribution is 2.36. The molecule has 0 fully saturated rings. The van der Waals surface area contributed by atoms with Crippen LogP contribution in [0.3, 0.4) is 0 Å². The van der Waals surface area contributed by atoms with Crippen LogP contribution in [0.4, 0.5) is 5.69 Å². The monoisotopic (exact) mass is 432 g/mol. The summed E-state index contributed by atoms with van der Waals surface area (Å²) in [7, 11) is 0. The SMILES string of the molecule is O=C(NC(c1ccccc1)c1c(O)ccc2ccccc12)c1cc([N+](=O)[O-])ccc1Cl. The molecule has 0 aromatic heterocycles. The smallest absolute Gasteiger partial charge is 0.270 e. The normalized spacial score (nSPS) is 11.8. The number of non-ortho nitro benzene ring substituents is 1. The highest BCUT2D eigenvalue weighted by molar-refractivity contribution is 6.34. The number of rotatable bonds is 5. The molecule has 0 spiro atoms. The van der Waals surface area contributed by atoms with E-state index in [4.69, 9.17) is 11.6 Å². The van der Waals surface area contributed by atoms with E-state index >= 15 is 0 Å². The molecular formula is C24H17ClN2O4. The Labute approximate surface area is 182 Å². The average molecular weight is 433 g/mol. The van der Waals surface area contributed by atoms with Crippen LogP contribution in [0.1, 0.15) is 27.5 Å². The second kappa shape index (κ2) is 8.45. The average Bonchev–Trinajstić information content (AvgIpc) is 2.78. The molecule has 1 unspecified atom stereocenters. The maximum absolute atomic E-state index is 13.1. The van der Waals surface area contributed by atoms with Gasteiger partial charge in [-0.2, -0.15) is 0 Å². The fourth-order valence-electron chi connectivity index (χ4n) is 3.56. The molecule has 0 bridgehead atoms. The number of benzene rings is 4. The number of nitro groups is 1. The summed E-state index contributed by atoms with van der Waals surface area (Å²) in [6, 6.07) is 23.1. The number of hydrogen-bond acceptors (Lipinski definition) is 4. The van der Waals surface area contributed by atoms with E-state index in [1.54, 1.807) is 12.1 Å². The van der Waals surface area contributed by atoms with Gasteiger partial charge in [0, 0.05) is 17.7 Å². The lowest BCUT2D eigenvalue weighted by Gasteiger charge is -2.23. The van der Waals surface area contributed by atoms with Gasteiger partial charge in [-0.15, -0.1) is 0 Å². The Kier molecular flexibility index (Phi) is 5.56. The summed E-state index contributed by atoms with van der Waals surface area (Å²) in [5, 5.41) is 26.5. The molecule has 31 heavy (non-hydrogen) atoms. The molecule has 7 heteroatoms. The number of aromatic hydroxyl groups is 1. The zero-order valence-corrected chi connectivity index (χ0v) is 16.9. The Bertz CT molecular complexity index is 1290. The molecule has 4 aromatic carbocycles. The number of halogens is 1. The highest BCUT2D eigenvalue weighted by atomic mass is 35.5. The summed E-state index contributed by atoms with van der Waals surface area (Å²) in [5.74, 6) is -0.562. The van der Waals surface area contributed by atoms with E-state index in [0.717, 1.165) is 22.4 Å². The van der Waals surface area contributed by atoms with Crippen molar-refractivity contribution in [2.24, 2.45) is 0 Å². The van der Waals surface area contributed by atoms with Gasteiger partial charge in [-0.3, -0.25) is 14.9 Å². The summed E-state index contributed by atoms with van der Waals surface area (Å²) in [5.41, 5.74) is 1.01. The first-order valence-electron chi connectivity index (χ1n) is 9.46. The number of nitrogens with zero attached hydrogens (tertiary/aromatic N) is 1. The van der Waals surface area contributed by atoms with Crippen molar-refractivity contribution in [3.63, 3.8) is 0 Å². The molecule has 0 saturated heterocycles. The van der Waals surface area contributed by atoms with Crippen molar-refractivity contribution in [2.75, 3.05) is 0 Å². The van der Waals surface area contributed by atoms with E-state index in [0.29, 0.717) is 5.56 Å². The lowest BCUT2D eigenvalue weighted by molar-refractivity contribution is -0.384. The molecule has 0 aliphatic rings. The van der Waals surface area contributed by atoms with Gasteiger partial charge in [0.2, 0.25) is 0 Å². The molecule has 6 nitrogen and oxygen atoms in total. The van der Waals surface area contributed by atoms with Crippen LogP contribution in [0.5, 0.6) is 5.75 Å². The summed E-state index contributed by atoms with van der Waals surface area (Å²) >= 11 is 6.16. The molecule has 0 heterocycles. The van der Waals surface area contributed by atoms with E-state index in [2.05, 4.69) is 5.32 Å². The molecule has 4 rings (SSSR count). The standard InChI is InChI=1S/C24H17ClN2O4/c25-20-12-11-17(27(30)31)14-19(20)24(29)26-23(16-7-2-1-3-8-16)22-18-9-5-4-6-15(18)10-13-21(22)28/h1-14,23,28H,(H,26,29). The number of carbonyl (C=O) groups excluding carboxylic acids is 1. The van der Waals surface area contributed by atoms with Crippen molar-refractivity contribution in [3.05, 3.63) is 117 Å². The van der Waals surface area contributed by atoms with Crippen LogP contribution in [0.15, 0.2) is 84.9 Å². The minimum absolute atomic E-state index is 0.0171. The fraction of sp³-hybridized carbons (Fsp3) is 0.0417. The minimum atomic E-state index is -0.713. The Morgan fingerprint density at radius 2 is 1.68 bits per heavy atom. The van der Waals surface area contributed by atoms with Crippen LogP contribution < -0.4 is 5.32 Å². The number of phenols is 1. The van der Waals surface area contributed by atoms with Crippen molar-refractivity contribution >= 4 is 34.0 Å². The van der Waals surface area contributed by atoms with Gasteiger partial charge in [-0.1, -0.05) is 72.3 Å². The fourth-order valence-corrected chi connectivity index (χ4v) is 3.77.